The molecule has 0 unspecified atom stereocenters. The normalized spacial score (nSPS) is 16.3. The number of ketones is 1. The van der Waals surface area contributed by atoms with Crippen LogP contribution in [-0.4, -0.2) is 17.4 Å². The van der Waals surface area contributed by atoms with Crippen LogP contribution in [0.25, 0.3) is 6.08 Å². The van der Waals surface area contributed by atoms with Crippen molar-refractivity contribution in [2.24, 2.45) is 5.10 Å². The van der Waals surface area contributed by atoms with E-state index in [-0.39, 0.29) is 11.7 Å². The van der Waals surface area contributed by atoms with Crippen molar-refractivity contribution < 1.29 is 9.59 Å². The first-order valence-electron chi connectivity index (χ1n) is 6.82. The van der Waals surface area contributed by atoms with Crippen LogP contribution in [0, 0.1) is 0 Å². The van der Waals surface area contributed by atoms with Gasteiger partial charge in [-0.2, -0.15) is 10.1 Å². The third-order valence-electron chi connectivity index (χ3n) is 3.41. The largest absolute Gasteiger partial charge is 0.295 e. The second-order valence-corrected chi connectivity index (χ2v) is 5.96. The highest BCUT2D eigenvalue weighted by Crippen LogP contribution is 2.26. The summed E-state index contributed by atoms with van der Waals surface area (Å²) in [6.45, 7) is 3.33. The first-order valence-corrected chi connectivity index (χ1v) is 7.70. The number of hydrogen-bond donors (Lipinski definition) is 0. The van der Waals surface area contributed by atoms with Crippen molar-refractivity contribution in [3.63, 3.8) is 0 Å². The molecule has 0 saturated carbocycles. The van der Waals surface area contributed by atoms with E-state index in [2.05, 4.69) is 5.10 Å². The Morgan fingerprint density at radius 3 is 2.55 bits per heavy atom. The minimum Gasteiger partial charge on any atom is -0.295 e. The Morgan fingerprint density at radius 1 is 1.23 bits per heavy atom. The van der Waals surface area contributed by atoms with Crippen LogP contribution in [0.4, 0.5) is 5.69 Å². The minimum absolute atomic E-state index is 0.00254. The van der Waals surface area contributed by atoms with Gasteiger partial charge in [-0.15, -0.1) is 11.3 Å². The molecule has 1 aliphatic rings. The lowest BCUT2D eigenvalue weighted by atomic mass is 10.1. The molecule has 0 bridgehead atoms. The number of anilines is 1. The van der Waals surface area contributed by atoms with Gasteiger partial charge < -0.3 is 0 Å². The van der Waals surface area contributed by atoms with Gasteiger partial charge in [-0.25, -0.2) is 0 Å². The molecule has 4 nitrogen and oxygen atoms in total. The average Bonchev–Trinajstić information content (AvgIpc) is 3.11. The third-order valence-corrected chi connectivity index (χ3v) is 4.23. The zero-order valence-electron chi connectivity index (χ0n) is 12.2. The van der Waals surface area contributed by atoms with Gasteiger partial charge in [0.05, 0.1) is 17.0 Å². The van der Waals surface area contributed by atoms with Gasteiger partial charge in [0, 0.05) is 10.4 Å². The molecule has 22 heavy (non-hydrogen) atoms. The van der Waals surface area contributed by atoms with Gasteiger partial charge in [-0.05, 0) is 55.6 Å². The predicted molar refractivity (Wildman–Crippen MR) is 89.3 cm³/mol. The van der Waals surface area contributed by atoms with Crippen molar-refractivity contribution >= 4 is 40.5 Å². The van der Waals surface area contributed by atoms with Crippen LogP contribution in [-0.2, 0) is 4.79 Å². The van der Waals surface area contributed by atoms with Crippen molar-refractivity contribution in [3.8, 4) is 0 Å². The highest BCUT2D eigenvalue weighted by Gasteiger charge is 2.28. The number of benzene rings is 1. The Kier molecular flexibility index (Phi) is 3.73. The molecule has 2 aromatic rings. The van der Waals surface area contributed by atoms with Gasteiger partial charge in [-0.1, -0.05) is 6.07 Å². The zero-order chi connectivity index (χ0) is 15.7. The van der Waals surface area contributed by atoms with Crippen molar-refractivity contribution in [1.82, 2.24) is 0 Å². The number of Topliss-reactive ketones (excluding diaryl/α,β-unsaturated/α-hetero) is 1. The second-order valence-electron chi connectivity index (χ2n) is 4.98. The Hall–Kier alpha value is -2.53. The van der Waals surface area contributed by atoms with Crippen LogP contribution in [0.3, 0.4) is 0 Å². The Morgan fingerprint density at radius 2 is 1.95 bits per heavy atom. The van der Waals surface area contributed by atoms with E-state index in [9.17, 15) is 9.59 Å². The summed E-state index contributed by atoms with van der Waals surface area (Å²) in [6.07, 6.45) is 1.86. The molecular formula is C17H14N2O2S. The molecular weight excluding hydrogens is 296 g/mol. The molecule has 1 amide bonds. The number of nitrogens with zero attached hydrogens (tertiary/aromatic N) is 2. The second kappa shape index (κ2) is 5.69. The average molecular weight is 310 g/mol. The summed E-state index contributed by atoms with van der Waals surface area (Å²) >= 11 is 1.58. The van der Waals surface area contributed by atoms with Crippen LogP contribution in [0.5, 0.6) is 0 Å². The number of amides is 1. The van der Waals surface area contributed by atoms with Gasteiger partial charge >= 0.3 is 0 Å². The van der Waals surface area contributed by atoms with Crippen molar-refractivity contribution in [2.45, 2.75) is 13.8 Å². The van der Waals surface area contributed by atoms with E-state index in [0.717, 1.165) is 4.88 Å². The minimum atomic E-state index is -0.151. The van der Waals surface area contributed by atoms with Crippen LogP contribution in [0.15, 0.2) is 52.5 Å². The van der Waals surface area contributed by atoms with Crippen molar-refractivity contribution in [3.05, 3.63) is 57.8 Å². The third kappa shape index (κ3) is 2.63. The highest BCUT2D eigenvalue weighted by molar-refractivity contribution is 7.10. The van der Waals surface area contributed by atoms with Crippen LogP contribution in [0.1, 0.15) is 29.1 Å². The van der Waals surface area contributed by atoms with Crippen LogP contribution >= 0.6 is 11.3 Å². The monoisotopic (exact) mass is 310 g/mol. The molecule has 3 rings (SSSR count). The van der Waals surface area contributed by atoms with Gasteiger partial charge in [0.25, 0.3) is 5.91 Å². The quantitative estimate of drug-likeness (QED) is 0.640. The Labute approximate surface area is 132 Å². The van der Waals surface area contributed by atoms with Crippen LogP contribution < -0.4 is 5.01 Å². The Bertz CT molecular complexity index is 787. The van der Waals surface area contributed by atoms with E-state index >= 15 is 0 Å². The molecule has 0 aliphatic carbocycles. The maximum atomic E-state index is 12.5. The lowest BCUT2D eigenvalue weighted by Gasteiger charge is -2.11. The molecule has 0 radical (unpaired) electrons. The fourth-order valence-corrected chi connectivity index (χ4v) is 2.87. The number of carbonyl (C=O) groups is 2. The van der Waals surface area contributed by atoms with Crippen molar-refractivity contribution in [2.75, 3.05) is 5.01 Å². The molecule has 0 atom stereocenters. The number of thiophene rings is 1. The molecule has 110 valence electrons. The van der Waals surface area contributed by atoms with Gasteiger partial charge in [0.15, 0.2) is 5.78 Å². The number of hydrazone groups is 1. The summed E-state index contributed by atoms with van der Waals surface area (Å²) in [5.74, 6) is -0.154. The van der Waals surface area contributed by atoms with Crippen LogP contribution in [0.2, 0.25) is 0 Å². The zero-order valence-corrected chi connectivity index (χ0v) is 13.1. The highest BCUT2D eigenvalue weighted by atomic mass is 32.1. The lowest BCUT2D eigenvalue weighted by Crippen LogP contribution is -2.21. The fourth-order valence-electron chi connectivity index (χ4n) is 2.21. The van der Waals surface area contributed by atoms with E-state index in [0.29, 0.717) is 22.5 Å². The topological polar surface area (TPSA) is 49.7 Å². The number of rotatable bonds is 3. The van der Waals surface area contributed by atoms with E-state index in [4.69, 9.17) is 0 Å². The maximum Gasteiger partial charge on any atom is 0.280 e. The van der Waals surface area contributed by atoms with E-state index < -0.39 is 0 Å². The summed E-state index contributed by atoms with van der Waals surface area (Å²) in [6, 6.07) is 10.8. The van der Waals surface area contributed by atoms with Gasteiger partial charge in [0.1, 0.15) is 0 Å². The predicted octanol–water partition coefficient (Wildman–Crippen LogP) is 3.76. The molecule has 5 heteroatoms. The molecule has 2 heterocycles. The molecule has 1 aromatic carbocycles. The summed E-state index contributed by atoms with van der Waals surface area (Å²) in [4.78, 5) is 24.9. The fraction of sp³-hybridized carbons (Fsp3) is 0.118. The maximum absolute atomic E-state index is 12.5. The molecule has 0 spiro atoms. The summed E-state index contributed by atoms with van der Waals surface area (Å²) in [5.41, 5.74) is 2.56. The summed E-state index contributed by atoms with van der Waals surface area (Å²) in [5, 5.41) is 7.67. The lowest BCUT2D eigenvalue weighted by molar-refractivity contribution is -0.114. The van der Waals surface area contributed by atoms with E-state index in [1.165, 1.54) is 11.9 Å². The molecule has 1 aromatic heterocycles. The first-order chi connectivity index (χ1) is 10.6. The SMILES string of the molecule is CC(=O)c1ccc(N2N=C(C)C(=Cc3cccs3)C2=O)cc1. The first kappa shape index (κ1) is 14.4. The van der Waals surface area contributed by atoms with E-state index in [1.54, 1.807) is 35.6 Å². The summed E-state index contributed by atoms with van der Waals surface area (Å²) < 4.78 is 0. The molecule has 0 N–H and O–H groups in total. The van der Waals surface area contributed by atoms with Crippen molar-refractivity contribution in [1.29, 1.82) is 0 Å². The smallest absolute Gasteiger partial charge is 0.280 e. The van der Waals surface area contributed by atoms with E-state index in [1.807, 2.05) is 30.5 Å². The summed E-state index contributed by atoms with van der Waals surface area (Å²) in [7, 11) is 0. The molecule has 0 fully saturated rings. The number of carbonyl (C=O) groups excluding carboxylic acids is 2. The Balaban J connectivity index is 1.91. The van der Waals surface area contributed by atoms with Gasteiger partial charge in [-0.3, -0.25) is 9.59 Å². The number of hydrogen-bond acceptors (Lipinski definition) is 4. The molecule has 1 aliphatic heterocycles. The van der Waals surface area contributed by atoms with Gasteiger partial charge in [0.2, 0.25) is 0 Å². The standard InChI is InChI=1S/C17H14N2O2S/c1-11-16(10-15-4-3-9-22-15)17(21)19(18-11)14-7-5-13(6-8-14)12(2)20/h3-10H,1-2H3. The molecule has 0 saturated heterocycles.